The van der Waals surface area contributed by atoms with Crippen LogP contribution in [-0.4, -0.2) is 24.9 Å². The maximum Gasteiger partial charge on any atom is 0.226 e. The number of nitrogens with zero attached hydrogens (tertiary/aromatic N) is 1. The zero-order valence-electron chi connectivity index (χ0n) is 14.3. The quantitative estimate of drug-likeness (QED) is 0.727. The molecule has 1 aromatic heterocycles. The third kappa shape index (κ3) is 4.77. The van der Waals surface area contributed by atoms with E-state index in [0.29, 0.717) is 23.8 Å². The average Bonchev–Trinajstić information content (AvgIpc) is 2.85. The summed E-state index contributed by atoms with van der Waals surface area (Å²) in [5, 5.41) is 0. The minimum absolute atomic E-state index is 0.239. The molecule has 0 radical (unpaired) electrons. The highest BCUT2D eigenvalue weighted by Gasteiger charge is 2.22. The first kappa shape index (κ1) is 18.4. The van der Waals surface area contributed by atoms with Crippen LogP contribution in [0.25, 0.3) is 11.5 Å². The number of carbonyl (C=O) groups is 1. The number of aryl methyl sites for hydroxylation is 2. The molecule has 0 amide bonds. The predicted octanol–water partition coefficient (Wildman–Crippen LogP) is 3.63. The Labute approximate surface area is 143 Å². The maximum absolute atomic E-state index is 12.2. The van der Waals surface area contributed by atoms with Crippen molar-refractivity contribution in [3.05, 3.63) is 41.3 Å². The molecule has 0 aliphatic heterocycles. The molecule has 130 valence electrons. The van der Waals surface area contributed by atoms with Gasteiger partial charge in [-0.3, -0.25) is 4.79 Å². The Morgan fingerprint density at radius 1 is 1.21 bits per heavy atom. The van der Waals surface area contributed by atoms with E-state index in [-0.39, 0.29) is 11.5 Å². The van der Waals surface area contributed by atoms with Crippen LogP contribution in [0.4, 0.5) is 0 Å². The van der Waals surface area contributed by atoms with Crippen molar-refractivity contribution in [1.29, 1.82) is 0 Å². The van der Waals surface area contributed by atoms with Gasteiger partial charge in [0.15, 0.2) is 9.84 Å². The number of benzene rings is 1. The van der Waals surface area contributed by atoms with E-state index in [4.69, 9.17) is 4.42 Å². The molecule has 1 heterocycles. The molecular weight excluding hydrogens is 326 g/mol. The third-order valence-corrected chi connectivity index (χ3v) is 5.29. The van der Waals surface area contributed by atoms with Crippen LogP contribution in [0.5, 0.6) is 0 Å². The number of aromatic nitrogens is 1. The molecule has 0 fully saturated rings. The van der Waals surface area contributed by atoms with Gasteiger partial charge in [0.1, 0.15) is 17.3 Å². The maximum atomic E-state index is 12.2. The van der Waals surface area contributed by atoms with Crippen molar-refractivity contribution >= 4 is 15.6 Å². The number of rotatable bonds is 8. The van der Waals surface area contributed by atoms with E-state index in [2.05, 4.69) is 4.98 Å². The predicted molar refractivity (Wildman–Crippen MR) is 93.4 cm³/mol. The number of hydrogen-bond donors (Lipinski definition) is 0. The molecule has 5 nitrogen and oxygen atoms in total. The van der Waals surface area contributed by atoms with Crippen LogP contribution in [0.1, 0.15) is 43.2 Å². The van der Waals surface area contributed by atoms with Gasteiger partial charge in [-0.15, -0.1) is 0 Å². The number of carbonyl (C=O) groups excluding carboxylic acids is 1. The first-order chi connectivity index (χ1) is 11.3. The van der Waals surface area contributed by atoms with Crippen LogP contribution in [0.15, 0.2) is 28.7 Å². The molecule has 0 bridgehead atoms. The van der Waals surface area contributed by atoms with E-state index in [1.165, 1.54) is 0 Å². The van der Waals surface area contributed by atoms with Gasteiger partial charge in [0.2, 0.25) is 5.89 Å². The lowest BCUT2D eigenvalue weighted by Crippen LogP contribution is -2.18. The Morgan fingerprint density at radius 3 is 2.58 bits per heavy atom. The Bertz CT molecular complexity index is 821. The summed E-state index contributed by atoms with van der Waals surface area (Å²) in [4.78, 5) is 16.1. The monoisotopic (exact) mass is 349 g/mol. The second kappa shape index (κ2) is 7.75. The summed E-state index contributed by atoms with van der Waals surface area (Å²) >= 11 is 0. The number of hydrogen-bond acceptors (Lipinski definition) is 5. The molecule has 0 unspecified atom stereocenters. The van der Waals surface area contributed by atoms with Gasteiger partial charge >= 0.3 is 0 Å². The van der Waals surface area contributed by atoms with Crippen LogP contribution in [0, 0.1) is 13.8 Å². The fourth-order valence-electron chi connectivity index (χ4n) is 2.44. The summed E-state index contributed by atoms with van der Waals surface area (Å²) in [7, 11) is -3.54. The van der Waals surface area contributed by atoms with Gasteiger partial charge in [0.25, 0.3) is 0 Å². The van der Waals surface area contributed by atoms with Crippen molar-refractivity contribution in [3.8, 4) is 11.5 Å². The number of unbranched alkanes of at least 4 members (excludes halogenated alkanes) is 1. The molecule has 0 saturated carbocycles. The highest BCUT2D eigenvalue weighted by atomic mass is 32.2. The Hall–Kier alpha value is -1.95. The second-order valence-electron chi connectivity index (χ2n) is 6.01. The molecule has 0 spiro atoms. The summed E-state index contributed by atoms with van der Waals surface area (Å²) in [6, 6.07) is 7.62. The highest BCUT2D eigenvalue weighted by Crippen LogP contribution is 2.25. The lowest BCUT2D eigenvalue weighted by atomic mass is 10.1. The van der Waals surface area contributed by atoms with Crippen molar-refractivity contribution in [2.75, 3.05) is 5.75 Å². The number of Topliss-reactive ketones (excluding diaryl/α,β-unsaturated/α-hetero) is 1. The fourth-order valence-corrected chi connectivity index (χ4v) is 3.86. The first-order valence-electron chi connectivity index (χ1n) is 8.07. The van der Waals surface area contributed by atoms with Crippen LogP contribution in [0.2, 0.25) is 0 Å². The molecule has 24 heavy (non-hydrogen) atoms. The zero-order chi connectivity index (χ0) is 17.7. The molecular formula is C18H23NO4S. The Morgan fingerprint density at radius 2 is 1.92 bits per heavy atom. The Kier molecular flexibility index (Phi) is 5.94. The molecule has 2 rings (SSSR count). The summed E-state index contributed by atoms with van der Waals surface area (Å²) in [5.74, 6) is -0.0616. The number of sulfone groups is 1. The van der Waals surface area contributed by atoms with E-state index in [9.17, 15) is 13.2 Å². The van der Waals surface area contributed by atoms with Gasteiger partial charge in [-0.05, 0) is 31.9 Å². The number of ketones is 1. The summed E-state index contributed by atoms with van der Waals surface area (Å²) < 4.78 is 30.1. The molecule has 0 saturated heterocycles. The molecule has 0 atom stereocenters. The normalized spacial score (nSPS) is 11.6. The topological polar surface area (TPSA) is 77.2 Å². The second-order valence-corrected chi connectivity index (χ2v) is 8.08. The van der Waals surface area contributed by atoms with Gasteiger partial charge < -0.3 is 4.42 Å². The fraction of sp³-hybridized carbons (Fsp3) is 0.444. The van der Waals surface area contributed by atoms with Crippen molar-refractivity contribution in [2.24, 2.45) is 0 Å². The van der Waals surface area contributed by atoms with E-state index >= 15 is 0 Å². The standard InChI is InChI=1S/C18H23NO4S/c1-4-5-9-15(20)11-24(21,22)12-17-14(3)23-18(19-17)16-10-7-6-8-13(16)2/h6-8,10H,4-5,9,11-12H2,1-3H3. The molecule has 0 aliphatic carbocycles. The van der Waals surface area contributed by atoms with Crippen molar-refractivity contribution in [3.63, 3.8) is 0 Å². The van der Waals surface area contributed by atoms with Crippen molar-refractivity contribution in [2.45, 2.75) is 45.8 Å². The highest BCUT2D eigenvalue weighted by molar-refractivity contribution is 7.91. The van der Waals surface area contributed by atoms with Gasteiger partial charge in [0, 0.05) is 12.0 Å². The van der Waals surface area contributed by atoms with Gasteiger partial charge in [-0.1, -0.05) is 31.5 Å². The van der Waals surface area contributed by atoms with Gasteiger partial charge in [-0.25, -0.2) is 13.4 Å². The van der Waals surface area contributed by atoms with Crippen LogP contribution in [0.3, 0.4) is 0 Å². The van der Waals surface area contributed by atoms with E-state index < -0.39 is 15.6 Å². The zero-order valence-corrected chi connectivity index (χ0v) is 15.1. The van der Waals surface area contributed by atoms with Gasteiger partial charge in [-0.2, -0.15) is 0 Å². The first-order valence-corrected chi connectivity index (χ1v) is 9.89. The molecule has 0 N–H and O–H groups in total. The van der Waals surface area contributed by atoms with Gasteiger partial charge in [0.05, 0.1) is 11.4 Å². The Balaban J connectivity index is 2.16. The molecule has 1 aromatic carbocycles. The van der Waals surface area contributed by atoms with E-state index in [1.54, 1.807) is 6.92 Å². The lowest BCUT2D eigenvalue weighted by Gasteiger charge is -2.02. The average molecular weight is 349 g/mol. The lowest BCUT2D eigenvalue weighted by molar-refractivity contribution is -0.116. The summed E-state index contributed by atoms with van der Waals surface area (Å²) in [6.07, 6.45) is 1.89. The van der Waals surface area contributed by atoms with Crippen molar-refractivity contribution in [1.82, 2.24) is 4.98 Å². The van der Waals surface area contributed by atoms with Crippen LogP contribution >= 0.6 is 0 Å². The number of oxazole rings is 1. The largest absolute Gasteiger partial charge is 0.441 e. The van der Waals surface area contributed by atoms with E-state index in [1.807, 2.05) is 38.1 Å². The minimum Gasteiger partial charge on any atom is -0.441 e. The van der Waals surface area contributed by atoms with E-state index in [0.717, 1.165) is 24.0 Å². The SMILES string of the molecule is CCCCC(=O)CS(=O)(=O)Cc1nc(-c2ccccc2C)oc1C. The minimum atomic E-state index is -3.54. The van der Waals surface area contributed by atoms with Crippen molar-refractivity contribution < 1.29 is 17.6 Å². The third-order valence-electron chi connectivity index (χ3n) is 3.81. The summed E-state index contributed by atoms with van der Waals surface area (Å²) in [5.41, 5.74) is 2.21. The molecule has 6 heteroatoms. The molecule has 2 aromatic rings. The summed E-state index contributed by atoms with van der Waals surface area (Å²) in [6.45, 7) is 5.60. The van der Waals surface area contributed by atoms with Crippen LogP contribution < -0.4 is 0 Å². The van der Waals surface area contributed by atoms with Crippen LogP contribution in [-0.2, 0) is 20.4 Å². The smallest absolute Gasteiger partial charge is 0.226 e. The molecule has 0 aliphatic rings.